The number of sulfonamides is 1. The number of nitrogens with one attached hydrogen (secondary N) is 1. The van der Waals surface area contributed by atoms with Gasteiger partial charge in [0.25, 0.3) is 5.91 Å². The van der Waals surface area contributed by atoms with Crippen molar-refractivity contribution in [2.45, 2.75) is 62.8 Å². The summed E-state index contributed by atoms with van der Waals surface area (Å²) in [6, 6.07) is 6.29. The van der Waals surface area contributed by atoms with E-state index in [4.69, 9.17) is 0 Å². The maximum atomic E-state index is 13.0. The number of anilines is 1. The van der Waals surface area contributed by atoms with Gasteiger partial charge < -0.3 is 0 Å². The second-order valence-electron chi connectivity index (χ2n) is 7.54. The lowest BCUT2D eigenvalue weighted by atomic mass is 10.0. The summed E-state index contributed by atoms with van der Waals surface area (Å²) in [5.74, 6) is -0.324. The molecule has 1 aromatic heterocycles. The molecule has 0 bridgehead atoms. The zero-order valence-corrected chi connectivity index (χ0v) is 17.6. The molecule has 1 N–H and O–H groups in total. The fourth-order valence-corrected chi connectivity index (χ4v) is 6.73. The van der Waals surface area contributed by atoms with E-state index in [0.717, 1.165) is 50.6 Å². The molecule has 4 rings (SSSR count). The third-order valence-electron chi connectivity index (χ3n) is 5.51. The Balaban J connectivity index is 1.54. The van der Waals surface area contributed by atoms with Gasteiger partial charge in [-0.15, -0.1) is 11.3 Å². The number of thiazole rings is 1. The van der Waals surface area contributed by atoms with Crippen LogP contribution in [0, 0.1) is 0 Å². The summed E-state index contributed by atoms with van der Waals surface area (Å²) in [7, 11) is -3.60. The Bertz CT molecular complexity index is 961. The van der Waals surface area contributed by atoms with Crippen molar-refractivity contribution >= 4 is 32.4 Å². The molecule has 2 heterocycles. The van der Waals surface area contributed by atoms with Gasteiger partial charge in [0.05, 0.1) is 10.6 Å². The molecule has 1 aliphatic heterocycles. The number of carbonyl (C=O) groups is 1. The van der Waals surface area contributed by atoms with E-state index in [9.17, 15) is 13.2 Å². The van der Waals surface area contributed by atoms with Crippen molar-refractivity contribution in [3.05, 3.63) is 40.4 Å². The number of aryl methyl sites for hydroxylation is 2. The smallest absolute Gasteiger partial charge is 0.257 e. The van der Waals surface area contributed by atoms with E-state index in [-0.39, 0.29) is 16.8 Å². The van der Waals surface area contributed by atoms with Crippen LogP contribution in [0.15, 0.2) is 29.2 Å². The summed E-state index contributed by atoms with van der Waals surface area (Å²) < 4.78 is 27.7. The standard InChI is InChI=1S/C20H25N3O3S2/c1-14-7-4-5-12-23(14)28(25,26)16-9-6-8-15(13-16)19(24)22-20-21-17-10-2-3-11-18(17)27-20/h6,8-9,13-14H,2-5,7,10-12H2,1H3,(H,21,22,24)/t14-/m1/s1. The Labute approximate surface area is 170 Å². The molecule has 6 nitrogen and oxygen atoms in total. The normalized spacial score (nSPS) is 20.5. The third-order valence-corrected chi connectivity index (χ3v) is 8.59. The van der Waals surface area contributed by atoms with Crippen LogP contribution in [0.2, 0.25) is 0 Å². The Morgan fingerprint density at radius 1 is 1.21 bits per heavy atom. The Hall–Kier alpha value is -1.77. The number of fused-ring (bicyclic) bond motifs is 1. The molecular weight excluding hydrogens is 394 g/mol. The minimum atomic E-state index is -3.60. The number of amides is 1. The third kappa shape index (κ3) is 3.86. The molecule has 150 valence electrons. The minimum Gasteiger partial charge on any atom is -0.298 e. The molecule has 2 aromatic rings. The van der Waals surface area contributed by atoms with Crippen LogP contribution in [0.5, 0.6) is 0 Å². The molecular formula is C20H25N3O3S2. The molecule has 1 amide bonds. The van der Waals surface area contributed by atoms with E-state index >= 15 is 0 Å². The molecule has 0 unspecified atom stereocenters. The predicted molar refractivity (Wildman–Crippen MR) is 110 cm³/mol. The predicted octanol–water partition coefficient (Wildman–Crippen LogP) is 3.84. The number of carbonyl (C=O) groups excluding carboxylic acids is 1. The van der Waals surface area contributed by atoms with E-state index in [1.54, 1.807) is 22.5 Å². The number of nitrogens with zero attached hydrogens (tertiary/aromatic N) is 2. The number of hydrogen-bond donors (Lipinski definition) is 1. The fourth-order valence-electron chi connectivity index (χ4n) is 3.94. The highest BCUT2D eigenvalue weighted by Crippen LogP contribution is 2.30. The first kappa shape index (κ1) is 19.5. The Kier molecular flexibility index (Phi) is 5.53. The lowest BCUT2D eigenvalue weighted by Gasteiger charge is -2.32. The zero-order chi connectivity index (χ0) is 19.7. The largest absolute Gasteiger partial charge is 0.298 e. The van der Waals surface area contributed by atoms with E-state index < -0.39 is 10.0 Å². The van der Waals surface area contributed by atoms with Gasteiger partial charge in [0.15, 0.2) is 5.13 Å². The zero-order valence-electron chi connectivity index (χ0n) is 16.0. The highest BCUT2D eigenvalue weighted by Gasteiger charge is 2.31. The van der Waals surface area contributed by atoms with Crippen molar-refractivity contribution in [2.24, 2.45) is 0 Å². The van der Waals surface area contributed by atoms with E-state index in [0.29, 0.717) is 17.2 Å². The number of hydrogen-bond acceptors (Lipinski definition) is 5. The van der Waals surface area contributed by atoms with Crippen LogP contribution in [0.3, 0.4) is 0 Å². The lowest BCUT2D eigenvalue weighted by molar-refractivity contribution is 0.102. The van der Waals surface area contributed by atoms with E-state index in [2.05, 4.69) is 10.3 Å². The lowest BCUT2D eigenvalue weighted by Crippen LogP contribution is -2.41. The second-order valence-corrected chi connectivity index (χ2v) is 10.5. The highest BCUT2D eigenvalue weighted by atomic mass is 32.2. The van der Waals surface area contributed by atoms with Gasteiger partial charge in [0, 0.05) is 23.0 Å². The maximum absolute atomic E-state index is 13.0. The van der Waals surface area contributed by atoms with Gasteiger partial charge in [-0.05, 0) is 63.6 Å². The van der Waals surface area contributed by atoms with Crippen LogP contribution in [0.4, 0.5) is 5.13 Å². The van der Waals surface area contributed by atoms with Gasteiger partial charge in [-0.25, -0.2) is 13.4 Å². The van der Waals surface area contributed by atoms with Gasteiger partial charge >= 0.3 is 0 Å². The molecule has 0 radical (unpaired) electrons. The second kappa shape index (κ2) is 7.93. The highest BCUT2D eigenvalue weighted by molar-refractivity contribution is 7.89. The topological polar surface area (TPSA) is 79.4 Å². The molecule has 0 saturated carbocycles. The summed E-state index contributed by atoms with van der Waals surface area (Å²) in [4.78, 5) is 18.6. The number of benzene rings is 1. The van der Waals surface area contributed by atoms with Crippen LogP contribution in [-0.4, -0.2) is 36.2 Å². The molecule has 1 aliphatic carbocycles. The fraction of sp³-hybridized carbons (Fsp3) is 0.500. The first-order valence-electron chi connectivity index (χ1n) is 9.87. The summed E-state index contributed by atoms with van der Waals surface area (Å²) in [6.45, 7) is 2.47. The van der Waals surface area contributed by atoms with Crippen LogP contribution >= 0.6 is 11.3 Å². The monoisotopic (exact) mass is 419 g/mol. The average Bonchev–Trinajstić information content (AvgIpc) is 3.10. The van der Waals surface area contributed by atoms with Crippen molar-refractivity contribution in [1.82, 2.24) is 9.29 Å². The van der Waals surface area contributed by atoms with Crippen molar-refractivity contribution < 1.29 is 13.2 Å². The average molecular weight is 420 g/mol. The van der Waals surface area contributed by atoms with E-state index in [1.165, 1.54) is 22.3 Å². The van der Waals surface area contributed by atoms with Gasteiger partial charge in [0.2, 0.25) is 10.0 Å². The van der Waals surface area contributed by atoms with Crippen molar-refractivity contribution in [1.29, 1.82) is 0 Å². The van der Waals surface area contributed by atoms with Crippen molar-refractivity contribution in [3.63, 3.8) is 0 Å². The van der Waals surface area contributed by atoms with Gasteiger partial charge in [-0.2, -0.15) is 4.31 Å². The molecule has 1 fully saturated rings. The molecule has 28 heavy (non-hydrogen) atoms. The molecule has 1 aromatic carbocycles. The van der Waals surface area contributed by atoms with Gasteiger partial charge in [-0.3, -0.25) is 10.1 Å². The van der Waals surface area contributed by atoms with Crippen LogP contribution in [0.1, 0.15) is 60.0 Å². The Morgan fingerprint density at radius 3 is 2.82 bits per heavy atom. The minimum absolute atomic E-state index is 0.0159. The van der Waals surface area contributed by atoms with Crippen LogP contribution < -0.4 is 5.32 Å². The SMILES string of the molecule is C[C@@H]1CCCCN1S(=O)(=O)c1cccc(C(=O)Nc2nc3c(s2)CCCC3)c1. The van der Waals surface area contributed by atoms with Gasteiger partial charge in [0.1, 0.15) is 0 Å². The summed E-state index contributed by atoms with van der Waals surface area (Å²) in [5, 5.41) is 3.43. The molecule has 8 heteroatoms. The van der Waals surface area contributed by atoms with Crippen LogP contribution in [0.25, 0.3) is 0 Å². The molecule has 1 atom stereocenters. The summed E-state index contributed by atoms with van der Waals surface area (Å²) in [6.07, 6.45) is 7.07. The molecule has 2 aliphatic rings. The van der Waals surface area contributed by atoms with E-state index in [1.807, 2.05) is 6.92 Å². The molecule has 1 saturated heterocycles. The summed E-state index contributed by atoms with van der Waals surface area (Å²) >= 11 is 1.52. The quantitative estimate of drug-likeness (QED) is 0.817. The maximum Gasteiger partial charge on any atom is 0.257 e. The van der Waals surface area contributed by atoms with Crippen LogP contribution in [-0.2, 0) is 22.9 Å². The number of rotatable bonds is 4. The van der Waals surface area contributed by atoms with Crippen molar-refractivity contribution in [2.75, 3.05) is 11.9 Å². The number of aromatic nitrogens is 1. The summed E-state index contributed by atoms with van der Waals surface area (Å²) in [5.41, 5.74) is 1.42. The van der Waals surface area contributed by atoms with Crippen molar-refractivity contribution in [3.8, 4) is 0 Å². The Morgan fingerprint density at radius 2 is 2.04 bits per heavy atom. The molecule has 0 spiro atoms. The van der Waals surface area contributed by atoms with Gasteiger partial charge in [-0.1, -0.05) is 12.5 Å². The first-order chi connectivity index (χ1) is 13.4. The number of piperidine rings is 1. The first-order valence-corrected chi connectivity index (χ1v) is 12.1.